The Balaban J connectivity index is 1.70. The van der Waals surface area contributed by atoms with E-state index in [1.165, 1.54) is 56.3 Å². The van der Waals surface area contributed by atoms with Crippen LogP contribution in [0.3, 0.4) is 0 Å². The lowest BCUT2D eigenvalue weighted by Crippen LogP contribution is -2.41. The van der Waals surface area contributed by atoms with Gasteiger partial charge in [-0.2, -0.15) is 0 Å². The normalized spacial score (nSPS) is 21.7. The molecular weight excluding hydrogens is 284 g/mol. The quantitative estimate of drug-likeness (QED) is 0.918. The van der Waals surface area contributed by atoms with Crippen molar-refractivity contribution in [3.05, 3.63) is 10.6 Å². The van der Waals surface area contributed by atoms with Crippen molar-refractivity contribution in [3.63, 3.8) is 0 Å². The van der Waals surface area contributed by atoms with E-state index in [-0.39, 0.29) is 0 Å². The van der Waals surface area contributed by atoms with Gasteiger partial charge >= 0.3 is 5.97 Å². The molecule has 1 saturated carbocycles. The van der Waals surface area contributed by atoms with Gasteiger partial charge in [0, 0.05) is 13.1 Å². The minimum Gasteiger partial charge on any atom is -0.477 e. The second kappa shape index (κ2) is 5.95. The smallest absolute Gasteiger partial charge is 0.347 e. The minimum atomic E-state index is -0.837. The van der Waals surface area contributed by atoms with Gasteiger partial charge in [0.1, 0.15) is 4.88 Å². The first kappa shape index (κ1) is 14.8. The summed E-state index contributed by atoms with van der Waals surface area (Å²) in [6, 6.07) is 0. The van der Waals surface area contributed by atoms with E-state index in [0.717, 1.165) is 23.9 Å². The third-order valence-corrected chi connectivity index (χ3v) is 6.37. The van der Waals surface area contributed by atoms with Crippen molar-refractivity contribution < 1.29 is 9.90 Å². The van der Waals surface area contributed by atoms with E-state index >= 15 is 0 Å². The Morgan fingerprint density at radius 2 is 1.90 bits per heavy atom. The van der Waals surface area contributed by atoms with Crippen LogP contribution in [-0.2, 0) is 6.42 Å². The highest BCUT2D eigenvalue weighted by Crippen LogP contribution is 2.45. The summed E-state index contributed by atoms with van der Waals surface area (Å²) in [5.74, 6) is -0.837. The van der Waals surface area contributed by atoms with E-state index in [1.54, 1.807) is 0 Å². The van der Waals surface area contributed by atoms with Crippen molar-refractivity contribution in [2.24, 2.45) is 5.41 Å². The Bertz CT molecular complexity index is 510. The van der Waals surface area contributed by atoms with Crippen LogP contribution in [0.1, 0.15) is 67.2 Å². The van der Waals surface area contributed by atoms with Crippen LogP contribution in [0.25, 0.3) is 0 Å². The fourth-order valence-corrected chi connectivity index (χ4v) is 4.90. The molecule has 0 atom stereocenters. The zero-order valence-corrected chi connectivity index (χ0v) is 13.5. The Kier molecular flexibility index (Phi) is 4.20. The van der Waals surface area contributed by atoms with Gasteiger partial charge in [0.2, 0.25) is 0 Å². The summed E-state index contributed by atoms with van der Waals surface area (Å²) in [6.45, 7) is 4.05. The summed E-state index contributed by atoms with van der Waals surface area (Å²) >= 11 is 1.35. The number of aryl methyl sites for hydroxylation is 1. The van der Waals surface area contributed by atoms with Crippen LogP contribution in [0.2, 0.25) is 0 Å². The fourth-order valence-electron chi connectivity index (χ4n) is 3.86. The van der Waals surface area contributed by atoms with E-state index in [1.807, 2.05) is 6.92 Å². The minimum absolute atomic E-state index is 0.422. The molecule has 2 fully saturated rings. The van der Waals surface area contributed by atoms with Crippen LogP contribution in [0.4, 0.5) is 5.13 Å². The molecule has 1 N–H and O–H groups in total. The SMILES string of the molecule is CCc1nc(N2CCC3(CCCCC3)CC2)sc1C(=O)O. The summed E-state index contributed by atoms with van der Waals surface area (Å²) in [5, 5.41) is 10.2. The van der Waals surface area contributed by atoms with Gasteiger partial charge in [-0.05, 0) is 37.5 Å². The number of aromatic nitrogens is 1. The lowest BCUT2D eigenvalue weighted by molar-refractivity contribution is 0.0701. The number of carbonyl (C=O) groups is 1. The highest BCUT2D eigenvalue weighted by Gasteiger charge is 2.36. The number of anilines is 1. The molecule has 0 unspecified atom stereocenters. The summed E-state index contributed by atoms with van der Waals surface area (Å²) in [7, 11) is 0. The van der Waals surface area contributed by atoms with Gasteiger partial charge < -0.3 is 10.0 Å². The van der Waals surface area contributed by atoms with E-state index in [2.05, 4.69) is 9.88 Å². The molecule has 5 heteroatoms. The van der Waals surface area contributed by atoms with Crippen LogP contribution in [0.15, 0.2) is 0 Å². The average molecular weight is 308 g/mol. The maximum atomic E-state index is 11.3. The van der Waals surface area contributed by atoms with Gasteiger partial charge in [-0.25, -0.2) is 9.78 Å². The molecule has 1 aromatic rings. The van der Waals surface area contributed by atoms with Gasteiger partial charge in [-0.3, -0.25) is 0 Å². The molecule has 0 amide bonds. The fraction of sp³-hybridized carbons (Fsp3) is 0.750. The first-order chi connectivity index (χ1) is 10.1. The molecule has 1 aromatic heterocycles. The monoisotopic (exact) mass is 308 g/mol. The van der Waals surface area contributed by atoms with Gasteiger partial charge in [-0.1, -0.05) is 37.5 Å². The third-order valence-electron chi connectivity index (χ3n) is 5.22. The highest BCUT2D eigenvalue weighted by molar-refractivity contribution is 7.17. The Labute approximate surface area is 130 Å². The molecule has 1 aliphatic carbocycles. The Hall–Kier alpha value is -1.10. The molecule has 0 radical (unpaired) electrons. The number of carboxylic acid groups (broad SMARTS) is 1. The van der Waals surface area contributed by atoms with E-state index in [4.69, 9.17) is 0 Å². The third kappa shape index (κ3) is 2.93. The Morgan fingerprint density at radius 1 is 1.24 bits per heavy atom. The highest BCUT2D eigenvalue weighted by atomic mass is 32.1. The summed E-state index contributed by atoms with van der Waals surface area (Å²) in [6.07, 6.45) is 10.1. The first-order valence-electron chi connectivity index (χ1n) is 8.11. The van der Waals surface area contributed by atoms with Crippen LogP contribution < -0.4 is 4.90 Å². The molecular formula is C16H24N2O2S. The molecule has 1 spiro atoms. The molecule has 0 aromatic carbocycles. The van der Waals surface area contributed by atoms with Gasteiger partial charge in [0.15, 0.2) is 5.13 Å². The molecule has 2 aliphatic rings. The predicted octanol–water partition coefficient (Wildman–Crippen LogP) is 3.95. The van der Waals surface area contributed by atoms with Crippen molar-refractivity contribution in [2.45, 2.75) is 58.3 Å². The summed E-state index contributed by atoms with van der Waals surface area (Å²) in [4.78, 5) is 18.6. The van der Waals surface area contributed by atoms with Crippen LogP contribution in [0.5, 0.6) is 0 Å². The van der Waals surface area contributed by atoms with Gasteiger partial charge in [-0.15, -0.1) is 0 Å². The molecule has 4 nitrogen and oxygen atoms in total. The molecule has 0 bridgehead atoms. The van der Waals surface area contributed by atoms with Crippen molar-refractivity contribution in [2.75, 3.05) is 18.0 Å². The molecule has 3 rings (SSSR count). The summed E-state index contributed by atoms with van der Waals surface area (Å²) in [5.41, 5.74) is 1.32. The number of piperidine rings is 1. The van der Waals surface area contributed by atoms with Crippen molar-refractivity contribution in [1.82, 2.24) is 4.98 Å². The second-order valence-electron chi connectivity index (χ2n) is 6.48. The van der Waals surface area contributed by atoms with Crippen LogP contribution in [-0.4, -0.2) is 29.1 Å². The maximum Gasteiger partial charge on any atom is 0.347 e. The van der Waals surface area contributed by atoms with Crippen LogP contribution >= 0.6 is 11.3 Å². The van der Waals surface area contributed by atoms with Gasteiger partial charge in [0.05, 0.1) is 5.69 Å². The van der Waals surface area contributed by atoms with Crippen molar-refractivity contribution >= 4 is 22.4 Å². The van der Waals surface area contributed by atoms with Crippen LogP contribution in [0, 0.1) is 5.41 Å². The molecule has 1 saturated heterocycles. The van der Waals surface area contributed by atoms with E-state index in [0.29, 0.717) is 16.7 Å². The number of hydrogen-bond acceptors (Lipinski definition) is 4. The first-order valence-corrected chi connectivity index (χ1v) is 8.93. The lowest BCUT2D eigenvalue weighted by atomic mass is 9.68. The largest absolute Gasteiger partial charge is 0.477 e. The topological polar surface area (TPSA) is 53.4 Å². The second-order valence-corrected chi connectivity index (χ2v) is 7.46. The molecule has 116 valence electrons. The number of aromatic carboxylic acids is 1. The number of hydrogen-bond donors (Lipinski definition) is 1. The lowest BCUT2D eigenvalue weighted by Gasteiger charge is -2.44. The summed E-state index contributed by atoms with van der Waals surface area (Å²) < 4.78 is 0. The maximum absolute atomic E-state index is 11.3. The molecule has 1 aliphatic heterocycles. The van der Waals surface area contributed by atoms with E-state index in [9.17, 15) is 9.90 Å². The average Bonchev–Trinajstić information content (AvgIpc) is 2.93. The number of carboxylic acids is 1. The number of rotatable bonds is 3. The molecule has 2 heterocycles. The number of nitrogens with zero attached hydrogens (tertiary/aromatic N) is 2. The van der Waals surface area contributed by atoms with Gasteiger partial charge in [0.25, 0.3) is 0 Å². The predicted molar refractivity (Wildman–Crippen MR) is 85.4 cm³/mol. The number of thiazole rings is 1. The zero-order chi connectivity index (χ0) is 14.9. The van der Waals surface area contributed by atoms with E-state index < -0.39 is 5.97 Å². The molecule has 21 heavy (non-hydrogen) atoms. The standard InChI is InChI=1S/C16H24N2O2S/c1-2-12-13(14(19)20)21-15(17-12)18-10-8-16(9-11-18)6-4-3-5-7-16/h2-11H2,1H3,(H,19,20). The zero-order valence-electron chi connectivity index (χ0n) is 12.7. The van der Waals surface area contributed by atoms with Crippen molar-refractivity contribution in [3.8, 4) is 0 Å². The van der Waals surface area contributed by atoms with Crippen molar-refractivity contribution in [1.29, 1.82) is 0 Å². The Morgan fingerprint density at radius 3 is 2.43 bits per heavy atom.